The van der Waals surface area contributed by atoms with Crippen molar-refractivity contribution in [3.05, 3.63) is 23.8 Å². The first-order valence-electron chi connectivity index (χ1n) is 7.39. The second kappa shape index (κ2) is 6.77. The maximum atomic E-state index is 12.7. The molecule has 0 heterocycles. The van der Waals surface area contributed by atoms with E-state index in [4.69, 9.17) is 4.74 Å². The van der Waals surface area contributed by atoms with Crippen molar-refractivity contribution >= 4 is 10.0 Å². The largest absolute Gasteiger partial charge is 0.494 e. The maximum Gasteiger partial charge on any atom is 0.243 e. The van der Waals surface area contributed by atoms with E-state index in [9.17, 15) is 13.5 Å². The van der Waals surface area contributed by atoms with Gasteiger partial charge < -0.3 is 9.84 Å². The van der Waals surface area contributed by atoms with Crippen LogP contribution in [-0.2, 0) is 16.6 Å². The van der Waals surface area contributed by atoms with E-state index in [2.05, 4.69) is 0 Å². The molecular formula is C15H23NO4S. The molecule has 0 aromatic heterocycles. The summed E-state index contributed by atoms with van der Waals surface area (Å²) in [6.07, 6.45) is 2.22. The SMILES string of the molecule is CCOc1ccc(S(=O)(=O)N(CC)CC2CC2)cc1CO. The minimum Gasteiger partial charge on any atom is -0.494 e. The van der Waals surface area contributed by atoms with Crippen LogP contribution in [0.4, 0.5) is 0 Å². The Balaban J connectivity index is 2.29. The quantitative estimate of drug-likeness (QED) is 0.797. The molecule has 1 aromatic rings. The maximum absolute atomic E-state index is 12.7. The van der Waals surface area contributed by atoms with Crippen LogP contribution in [0, 0.1) is 5.92 Å². The summed E-state index contributed by atoms with van der Waals surface area (Å²) in [5.74, 6) is 1.03. The molecule has 1 aliphatic carbocycles. The number of nitrogens with zero attached hydrogens (tertiary/aromatic N) is 1. The van der Waals surface area contributed by atoms with Gasteiger partial charge in [-0.1, -0.05) is 6.92 Å². The predicted octanol–water partition coefficient (Wildman–Crippen LogP) is 2.00. The Kier molecular flexibility index (Phi) is 5.24. The van der Waals surface area contributed by atoms with Crippen LogP contribution < -0.4 is 4.74 Å². The number of aliphatic hydroxyl groups is 1. The third kappa shape index (κ3) is 3.75. The lowest BCUT2D eigenvalue weighted by Gasteiger charge is -2.21. The predicted molar refractivity (Wildman–Crippen MR) is 80.7 cm³/mol. The standard InChI is InChI=1S/C15H23NO4S/c1-3-16(10-12-5-6-12)21(18,19)14-7-8-15(20-4-2)13(9-14)11-17/h7-9,12,17H,3-6,10-11H2,1-2H3. The highest BCUT2D eigenvalue weighted by atomic mass is 32.2. The summed E-state index contributed by atoms with van der Waals surface area (Å²) in [7, 11) is -3.50. The minimum absolute atomic E-state index is 0.220. The van der Waals surface area contributed by atoms with Gasteiger partial charge in [0.05, 0.1) is 18.1 Å². The fourth-order valence-electron chi connectivity index (χ4n) is 2.27. The first-order valence-corrected chi connectivity index (χ1v) is 8.83. The summed E-state index contributed by atoms with van der Waals surface area (Å²) < 4.78 is 32.2. The Bertz CT molecular complexity index is 581. The molecule has 0 aliphatic heterocycles. The van der Waals surface area contributed by atoms with Crippen LogP contribution in [-0.4, -0.2) is 37.5 Å². The van der Waals surface area contributed by atoms with Crippen LogP contribution in [0.2, 0.25) is 0 Å². The molecule has 21 heavy (non-hydrogen) atoms. The summed E-state index contributed by atoms with van der Waals surface area (Å²) in [6, 6.07) is 4.68. The van der Waals surface area contributed by atoms with E-state index in [0.717, 1.165) is 12.8 Å². The third-order valence-electron chi connectivity index (χ3n) is 3.65. The summed E-state index contributed by atoms with van der Waals surface area (Å²) >= 11 is 0. The van der Waals surface area contributed by atoms with Crippen LogP contribution in [0.1, 0.15) is 32.3 Å². The number of benzene rings is 1. The number of sulfonamides is 1. The molecule has 0 bridgehead atoms. The number of hydrogen-bond acceptors (Lipinski definition) is 4. The highest BCUT2D eigenvalue weighted by Gasteiger charge is 2.31. The van der Waals surface area contributed by atoms with Gasteiger partial charge in [0.1, 0.15) is 5.75 Å². The zero-order valence-electron chi connectivity index (χ0n) is 12.6. The van der Waals surface area contributed by atoms with Crippen LogP contribution >= 0.6 is 0 Å². The fraction of sp³-hybridized carbons (Fsp3) is 0.600. The average Bonchev–Trinajstić information content (AvgIpc) is 3.29. The molecule has 1 N–H and O–H groups in total. The average molecular weight is 313 g/mol. The molecule has 1 saturated carbocycles. The lowest BCUT2D eigenvalue weighted by molar-refractivity contribution is 0.266. The summed E-state index contributed by atoms with van der Waals surface area (Å²) in [5, 5.41) is 9.40. The van der Waals surface area contributed by atoms with Gasteiger partial charge in [-0.05, 0) is 43.9 Å². The number of ether oxygens (including phenoxy) is 1. The molecule has 1 fully saturated rings. The lowest BCUT2D eigenvalue weighted by Crippen LogP contribution is -2.32. The summed E-state index contributed by atoms with van der Waals surface area (Å²) in [5.41, 5.74) is 0.500. The number of hydrogen-bond donors (Lipinski definition) is 1. The zero-order chi connectivity index (χ0) is 15.5. The molecule has 0 radical (unpaired) electrons. The Morgan fingerprint density at radius 1 is 1.33 bits per heavy atom. The van der Waals surface area contributed by atoms with Crippen molar-refractivity contribution in [2.45, 2.75) is 38.2 Å². The topological polar surface area (TPSA) is 66.8 Å². The van der Waals surface area contributed by atoms with Gasteiger partial charge >= 0.3 is 0 Å². The molecule has 5 nitrogen and oxygen atoms in total. The van der Waals surface area contributed by atoms with Gasteiger partial charge in [0.15, 0.2) is 0 Å². The van der Waals surface area contributed by atoms with Crippen molar-refractivity contribution in [2.24, 2.45) is 5.92 Å². The number of rotatable bonds is 8. The van der Waals surface area contributed by atoms with Crippen molar-refractivity contribution in [1.29, 1.82) is 0 Å². The summed E-state index contributed by atoms with van der Waals surface area (Å²) in [4.78, 5) is 0.220. The highest BCUT2D eigenvalue weighted by Crippen LogP contribution is 2.32. The van der Waals surface area contributed by atoms with Crippen LogP contribution in [0.5, 0.6) is 5.75 Å². The lowest BCUT2D eigenvalue weighted by atomic mass is 10.2. The van der Waals surface area contributed by atoms with Crippen molar-refractivity contribution in [2.75, 3.05) is 19.7 Å². The minimum atomic E-state index is -3.50. The fourth-order valence-corrected chi connectivity index (χ4v) is 3.85. The second-order valence-corrected chi connectivity index (χ2v) is 7.20. The van der Waals surface area contributed by atoms with Gasteiger partial charge in [-0.3, -0.25) is 0 Å². The molecular weight excluding hydrogens is 290 g/mol. The van der Waals surface area contributed by atoms with E-state index in [0.29, 0.717) is 36.9 Å². The van der Waals surface area contributed by atoms with Crippen LogP contribution in [0.3, 0.4) is 0 Å². The van der Waals surface area contributed by atoms with Crippen LogP contribution in [0.25, 0.3) is 0 Å². The highest BCUT2D eigenvalue weighted by molar-refractivity contribution is 7.89. The van der Waals surface area contributed by atoms with E-state index >= 15 is 0 Å². The third-order valence-corrected chi connectivity index (χ3v) is 5.59. The molecule has 0 amide bonds. The molecule has 0 atom stereocenters. The molecule has 0 spiro atoms. The molecule has 2 rings (SSSR count). The normalized spacial score (nSPS) is 15.4. The smallest absolute Gasteiger partial charge is 0.243 e. The van der Waals surface area contributed by atoms with Gasteiger partial charge in [-0.15, -0.1) is 0 Å². The Morgan fingerprint density at radius 3 is 2.57 bits per heavy atom. The van der Waals surface area contributed by atoms with E-state index in [1.54, 1.807) is 12.1 Å². The summed E-state index contributed by atoms with van der Waals surface area (Å²) in [6.45, 7) is 4.97. The molecule has 6 heteroatoms. The van der Waals surface area contributed by atoms with E-state index in [1.807, 2.05) is 13.8 Å². The van der Waals surface area contributed by atoms with Crippen molar-refractivity contribution in [3.8, 4) is 5.75 Å². The number of aliphatic hydroxyl groups excluding tert-OH is 1. The zero-order valence-corrected chi connectivity index (χ0v) is 13.4. The van der Waals surface area contributed by atoms with E-state index < -0.39 is 10.0 Å². The molecule has 1 aliphatic rings. The molecule has 0 saturated heterocycles. The Morgan fingerprint density at radius 2 is 2.05 bits per heavy atom. The van der Waals surface area contributed by atoms with Crippen molar-refractivity contribution in [3.63, 3.8) is 0 Å². The first kappa shape index (κ1) is 16.3. The van der Waals surface area contributed by atoms with Gasteiger partial charge in [0, 0.05) is 18.7 Å². The van der Waals surface area contributed by atoms with E-state index in [-0.39, 0.29) is 11.5 Å². The first-order chi connectivity index (χ1) is 10.0. The van der Waals surface area contributed by atoms with Gasteiger partial charge in [-0.25, -0.2) is 8.42 Å². The molecule has 0 unspecified atom stereocenters. The second-order valence-electron chi connectivity index (χ2n) is 5.26. The Labute approximate surface area is 126 Å². The van der Waals surface area contributed by atoms with E-state index in [1.165, 1.54) is 10.4 Å². The van der Waals surface area contributed by atoms with Crippen LogP contribution in [0.15, 0.2) is 23.1 Å². The van der Waals surface area contributed by atoms with Gasteiger partial charge in [0.2, 0.25) is 10.0 Å². The van der Waals surface area contributed by atoms with Crippen molar-refractivity contribution in [1.82, 2.24) is 4.31 Å². The Hall–Kier alpha value is -1.11. The molecule has 118 valence electrons. The monoisotopic (exact) mass is 313 g/mol. The van der Waals surface area contributed by atoms with Gasteiger partial charge in [0.25, 0.3) is 0 Å². The molecule has 1 aromatic carbocycles. The van der Waals surface area contributed by atoms with Crippen molar-refractivity contribution < 1.29 is 18.3 Å². The van der Waals surface area contributed by atoms with Gasteiger partial charge in [-0.2, -0.15) is 4.31 Å².